The van der Waals surface area contributed by atoms with Crippen molar-refractivity contribution in [2.45, 2.75) is 92.8 Å². The van der Waals surface area contributed by atoms with Crippen LogP contribution in [0.3, 0.4) is 0 Å². The highest BCUT2D eigenvalue weighted by atomic mass is 16.5. The Kier molecular flexibility index (Phi) is 10.6. The van der Waals surface area contributed by atoms with Gasteiger partial charge in [-0.2, -0.15) is 0 Å². The number of carbonyl (C=O) groups excluding carboxylic acids is 4. The molecule has 1 heterocycles. The van der Waals surface area contributed by atoms with Crippen LogP contribution in [0.25, 0.3) is 0 Å². The molecule has 188 valence electrons. The van der Waals surface area contributed by atoms with Gasteiger partial charge in [-0.25, -0.2) is 4.79 Å². The average Bonchev–Trinajstić information content (AvgIpc) is 2.73. The van der Waals surface area contributed by atoms with Gasteiger partial charge in [-0.3, -0.25) is 14.4 Å². The molecule has 3 amide bonds. The Morgan fingerprint density at radius 2 is 1.76 bits per heavy atom. The van der Waals surface area contributed by atoms with Gasteiger partial charge in [0, 0.05) is 26.1 Å². The number of hydrogen-bond acceptors (Lipinski definition) is 5. The third kappa shape index (κ3) is 7.86. The number of rotatable bonds is 8. The van der Waals surface area contributed by atoms with Crippen LogP contribution in [-0.2, 0) is 23.9 Å². The number of ether oxygens (including phenoxy) is 1. The minimum atomic E-state index is -0.789. The highest BCUT2D eigenvalue weighted by molar-refractivity contribution is 5.92. The fraction of sp³-hybridized carbons (Fsp3) is 0.760. The Morgan fingerprint density at radius 3 is 2.24 bits per heavy atom. The summed E-state index contributed by atoms with van der Waals surface area (Å²) in [5, 5.41) is 2.95. The zero-order valence-corrected chi connectivity index (χ0v) is 21.9. The monoisotopic (exact) mass is 465 g/mol. The van der Waals surface area contributed by atoms with Gasteiger partial charge in [-0.05, 0) is 44.4 Å². The summed E-state index contributed by atoms with van der Waals surface area (Å²) >= 11 is 0. The van der Waals surface area contributed by atoms with Crippen molar-refractivity contribution in [1.29, 1.82) is 0 Å². The van der Waals surface area contributed by atoms with E-state index in [1.165, 1.54) is 6.92 Å². The predicted octanol–water partition coefficient (Wildman–Crippen LogP) is 2.91. The number of amides is 3. The minimum Gasteiger partial charge on any atom is -0.463 e. The van der Waals surface area contributed by atoms with Crippen molar-refractivity contribution in [3.05, 3.63) is 11.6 Å². The highest BCUT2D eigenvalue weighted by Crippen LogP contribution is 2.25. The van der Waals surface area contributed by atoms with E-state index in [9.17, 15) is 19.2 Å². The van der Waals surface area contributed by atoms with Gasteiger partial charge in [-0.1, -0.05) is 40.7 Å². The Bertz CT molecular complexity index is 754. The molecule has 0 aromatic rings. The number of hydrogen-bond donors (Lipinski definition) is 1. The van der Waals surface area contributed by atoms with Crippen molar-refractivity contribution in [3.63, 3.8) is 0 Å². The van der Waals surface area contributed by atoms with Gasteiger partial charge in [0.25, 0.3) is 0 Å². The molecule has 0 aromatic carbocycles. The van der Waals surface area contributed by atoms with E-state index in [4.69, 9.17) is 4.74 Å². The Labute approximate surface area is 199 Å². The van der Waals surface area contributed by atoms with E-state index in [0.29, 0.717) is 18.5 Å². The molecular weight excluding hydrogens is 422 g/mol. The first-order valence-electron chi connectivity index (χ1n) is 11.9. The van der Waals surface area contributed by atoms with Crippen LogP contribution in [0.1, 0.15) is 74.7 Å². The molecule has 1 aliphatic heterocycles. The smallest absolute Gasteiger partial charge is 0.333 e. The largest absolute Gasteiger partial charge is 0.463 e. The second kappa shape index (κ2) is 12.2. The molecule has 1 rings (SSSR count). The van der Waals surface area contributed by atoms with Crippen LogP contribution in [0, 0.1) is 11.3 Å². The molecule has 0 radical (unpaired) electrons. The number of piperidine rings is 1. The summed E-state index contributed by atoms with van der Waals surface area (Å²) in [7, 11) is 1.69. The Morgan fingerprint density at radius 1 is 1.15 bits per heavy atom. The van der Waals surface area contributed by atoms with Gasteiger partial charge >= 0.3 is 5.97 Å². The maximum atomic E-state index is 13.6. The normalized spacial score (nSPS) is 19.0. The number of esters is 1. The lowest BCUT2D eigenvalue weighted by atomic mass is 9.84. The molecule has 1 unspecified atom stereocenters. The van der Waals surface area contributed by atoms with E-state index in [0.717, 1.165) is 12.8 Å². The Balaban J connectivity index is 3.16. The lowest BCUT2D eigenvalue weighted by Gasteiger charge is -2.39. The molecule has 1 fully saturated rings. The molecule has 0 bridgehead atoms. The van der Waals surface area contributed by atoms with E-state index < -0.39 is 23.5 Å². The molecule has 8 heteroatoms. The highest BCUT2D eigenvalue weighted by Gasteiger charge is 2.39. The van der Waals surface area contributed by atoms with Crippen LogP contribution in [0.2, 0.25) is 0 Å². The van der Waals surface area contributed by atoms with E-state index >= 15 is 0 Å². The molecule has 0 spiro atoms. The number of likely N-dealkylation sites (tertiary alicyclic amines) is 1. The van der Waals surface area contributed by atoms with Crippen molar-refractivity contribution in [2.24, 2.45) is 11.3 Å². The van der Waals surface area contributed by atoms with Crippen LogP contribution < -0.4 is 5.32 Å². The summed E-state index contributed by atoms with van der Waals surface area (Å²) < 4.78 is 5.08. The standard InChI is InChI=1S/C25H43N3O5/c1-10-33-24(32)17(4)15-20(16(2)3)27(9)23(31)21(25(6,7)8)26-22(30)19-13-11-12-14-28(19)18(5)29/h15-16,19-21H,10-14H2,1-9H3,(H,26,30)/b17-15+/t19-,20-,21?/m1/s1. The molecule has 0 aliphatic carbocycles. The lowest BCUT2D eigenvalue weighted by molar-refractivity contribution is -0.145. The van der Waals surface area contributed by atoms with Crippen LogP contribution >= 0.6 is 0 Å². The van der Waals surface area contributed by atoms with Gasteiger partial charge in [0.1, 0.15) is 12.1 Å². The topological polar surface area (TPSA) is 96.0 Å². The summed E-state index contributed by atoms with van der Waals surface area (Å²) in [5.41, 5.74) is -0.121. The van der Waals surface area contributed by atoms with Crippen molar-refractivity contribution >= 4 is 23.7 Å². The fourth-order valence-corrected chi connectivity index (χ4v) is 4.14. The fourth-order valence-electron chi connectivity index (χ4n) is 4.14. The van der Waals surface area contributed by atoms with Crippen molar-refractivity contribution in [2.75, 3.05) is 20.2 Å². The molecule has 1 N–H and O–H groups in total. The van der Waals surface area contributed by atoms with Crippen LogP contribution in [0.5, 0.6) is 0 Å². The van der Waals surface area contributed by atoms with E-state index in [1.54, 1.807) is 36.8 Å². The number of nitrogens with zero attached hydrogens (tertiary/aromatic N) is 2. The first-order chi connectivity index (χ1) is 15.2. The SMILES string of the molecule is CCOC(=O)/C(C)=C/[C@H](C(C)C)N(C)C(=O)C(NC(=O)[C@H]1CCCCN1C(C)=O)C(C)(C)C. The predicted molar refractivity (Wildman–Crippen MR) is 128 cm³/mol. The zero-order chi connectivity index (χ0) is 25.5. The quantitative estimate of drug-likeness (QED) is 0.439. The summed E-state index contributed by atoms with van der Waals surface area (Å²) in [6.45, 7) is 15.4. The summed E-state index contributed by atoms with van der Waals surface area (Å²) in [5.74, 6) is -1.05. The van der Waals surface area contributed by atoms with Crippen LogP contribution in [0.4, 0.5) is 0 Å². The van der Waals surface area contributed by atoms with Crippen LogP contribution in [-0.4, -0.2) is 71.8 Å². The van der Waals surface area contributed by atoms with Gasteiger partial charge in [-0.15, -0.1) is 0 Å². The molecule has 1 saturated heterocycles. The summed E-state index contributed by atoms with van der Waals surface area (Å²) in [6, 6.07) is -1.71. The van der Waals surface area contributed by atoms with Crippen molar-refractivity contribution in [3.8, 4) is 0 Å². The van der Waals surface area contributed by atoms with Gasteiger partial charge in [0.15, 0.2) is 0 Å². The number of nitrogens with one attached hydrogen (secondary N) is 1. The molecular formula is C25H43N3O5. The van der Waals surface area contributed by atoms with E-state index in [-0.39, 0.29) is 36.3 Å². The molecule has 33 heavy (non-hydrogen) atoms. The molecule has 0 saturated carbocycles. The first kappa shape index (κ1) is 28.7. The average molecular weight is 466 g/mol. The molecule has 3 atom stereocenters. The first-order valence-corrected chi connectivity index (χ1v) is 11.9. The zero-order valence-electron chi connectivity index (χ0n) is 21.9. The summed E-state index contributed by atoms with van der Waals surface area (Å²) in [6.07, 6.45) is 4.07. The van der Waals surface area contributed by atoms with Gasteiger partial charge < -0.3 is 19.9 Å². The van der Waals surface area contributed by atoms with Crippen molar-refractivity contribution < 1.29 is 23.9 Å². The van der Waals surface area contributed by atoms with Gasteiger partial charge in [0.05, 0.1) is 12.6 Å². The Hall–Kier alpha value is -2.38. The summed E-state index contributed by atoms with van der Waals surface area (Å²) in [4.78, 5) is 54.1. The second-order valence-electron chi connectivity index (χ2n) is 10.3. The van der Waals surface area contributed by atoms with E-state index in [1.807, 2.05) is 34.6 Å². The maximum Gasteiger partial charge on any atom is 0.333 e. The molecule has 0 aromatic heterocycles. The second-order valence-corrected chi connectivity index (χ2v) is 10.3. The van der Waals surface area contributed by atoms with E-state index in [2.05, 4.69) is 5.32 Å². The molecule has 8 nitrogen and oxygen atoms in total. The van der Waals surface area contributed by atoms with Gasteiger partial charge in [0.2, 0.25) is 17.7 Å². The molecule has 1 aliphatic rings. The number of carbonyl (C=O) groups is 4. The third-order valence-electron chi connectivity index (χ3n) is 6.11. The lowest BCUT2D eigenvalue weighted by Crippen LogP contribution is -2.60. The maximum absolute atomic E-state index is 13.6. The number of likely N-dealkylation sites (N-methyl/N-ethyl adjacent to an activating group) is 1. The minimum absolute atomic E-state index is 0.0335. The van der Waals surface area contributed by atoms with Crippen LogP contribution in [0.15, 0.2) is 11.6 Å². The third-order valence-corrected chi connectivity index (χ3v) is 6.11. The van der Waals surface area contributed by atoms with Crippen molar-refractivity contribution in [1.82, 2.24) is 15.1 Å².